The van der Waals surface area contributed by atoms with Crippen LogP contribution < -0.4 is 10.1 Å². The van der Waals surface area contributed by atoms with Gasteiger partial charge in [-0.05, 0) is 66.2 Å². The zero-order chi connectivity index (χ0) is 30.4. The Morgan fingerprint density at radius 2 is 1.74 bits per heavy atom. The molecule has 6 nitrogen and oxygen atoms in total. The molecule has 1 heterocycles. The average molecular weight is 714 g/mol. The van der Waals surface area contributed by atoms with E-state index < -0.39 is 29.2 Å². The standard InChI is InChI=1S/C33H28Br2F2N2O4/c34-24-10-6-21(7-11-24)19-33(32(41)38-20-23-18-25(36)12-15-29(23)37)30(27-4-1-2-5-28(27)35)43-31(39-33)22-8-13-26(14-9-22)42-17-3-16-40/h1-2,4-15,18,30,40H,3,16-17,19-20H2,(H,38,41)/t30-,33-/m1/s1. The number of amides is 1. The van der Waals surface area contributed by atoms with Crippen LogP contribution in [-0.2, 0) is 22.5 Å². The van der Waals surface area contributed by atoms with Crippen molar-refractivity contribution in [2.45, 2.75) is 31.0 Å². The van der Waals surface area contributed by atoms with Gasteiger partial charge >= 0.3 is 0 Å². The van der Waals surface area contributed by atoms with E-state index in [9.17, 15) is 13.6 Å². The van der Waals surface area contributed by atoms with Crippen LogP contribution in [-0.4, -0.2) is 35.7 Å². The minimum absolute atomic E-state index is 0.0180. The van der Waals surface area contributed by atoms with Gasteiger partial charge in [-0.3, -0.25) is 4.79 Å². The van der Waals surface area contributed by atoms with Gasteiger partial charge < -0.3 is 19.9 Å². The van der Waals surface area contributed by atoms with E-state index in [1.54, 1.807) is 24.3 Å². The van der Waals surface area contributed by atoms with Crippen LogP contribution in [0.25, 0.3) is 0 Å². The van der Waals surface area contributed by atoms with E-state index in [1.165, 1.54) is 0 Å². The predicted molar refractivity (Wildman–Crippen MR) is 167 cm³/mol. The molecule has 0 saturated carbocycles. The van der Waals surface area contributed by atoms with Crippen LogP contribution in [0.4, 0.5) is 8.78 Å². The quantitative estimate of drug-likeness (QED) is 0.163. The van der Waals surface area contributed by atoms with Crippen molar-refractivity contribution in [3.63, 3.8) is 0 Å². The summed E-state index contributed by atoms with van der Waals surface area (Å²) in [6.07, 6.45) is -0.187. The van der Waals surface area contributed by atoms with Crippen molar-refractivity contribution in [3.05, 3.63) is 134 Å². The number of nitrogens with one attached hydrogen (secondary N) is 1. The van der Waals surface area contributed by atoms with Gasteiger partial charge in [0.05, 0.1) is 6.61 Å². The molecule has 43 heavy (non-hydrogen) atoms. The molecule has 5 rings (SSSR count). The van der Waals surface area contributed by atoms with Crippen LogP contribution in [0.2, 0.25) is 0 Å². The van der Waals surface area contributed by atoms with Crippen molar-refractivity contribution >= 4 is 43.7 Å². The van der Waals surface area contributed by atoms with Gasteiger partial charge in [-0.25, -0.2) is 13.8 Å². The SMILES string of the molecule is O=C(NCc1cc(F)ccc1F)[C@]1(Cc2ccc(Br)cc2)N=C(c2ccc(OCCCO)cc2)O[C@@H]1c1ccccc1Br. The maximum Gasteiger partial charge on any atom is 0.252 e. The number of rotatable bonds is 11. The fraction of sp³-hybridized carbons (Fsp3) is 0.212. The van der Waals surface area contributed by atoms with Crippen LogP contribution in [0, 0.1) is 11.6 Å². The fourth-order valence-electron chi connectivity index (χ4n) is 4.87. The molecule has 0 bridgehead atoms. The Bertz CT molecular complexity index is 1620. The monoisotopic (exact) mass is 712 g/mol. The van der Waals surface area contributed by atoms with Gasteiger partial charge in [0.25, 0.3) is 5.91 Å². The molecule has 1 amide bonds. The zero-order valence-electron chi connectivity index (χ0n) is 22.9. The van der Waals surface area contributed by atoms with E-state index >= 15 is 0 Å². The van der Waals surface area contributed by atoms with Crippen molar-refractivity contribution in [2.24, 2.45) is 4.99 Å². The highest BCUT2D eigenvalue weighted by Crippen LogP contribution is 2.44. The van der Waals surface area contributed by atoms with E-state index in [0.717, 1.165) is 32.7 Å². The number of hydrogen-bond donors (Lipinski definition) is 2. The molecule has 0 radical (unpaired) electrons. The number of aliphatic imine (C=N–C) groups is 1. The second kappa shape index (κ2) is 13.8. The molecule has 1 aliphatic heterocycles. The lowest BCUT2D eigenvalue weighted by molar-refractivity contribution is -0.129. The first kappa shape index (κ1) is 30.8. The van der Waals surface area contributed by atoms with Gasteiger partial charge in [0.1, 0.15) is 17.4 Å². The molecule has 4 aromatic carbocycles. The summed E-state index contributed by atoms with van der Waals surface area (Å²) < 4.78 is 42.2. The predicted octanol–water partition coefficient (Wildman–Crippen LogP) is 7.07. The second-order valence-corrected chi connectivity index (χ2v) is 11.8. The molecule has 0 unspecified atom stereocenters. The van der Waals surface area contributed by atoms with Gasteiger partial charge in [-0.2, -0.15) is 0 Å². The number of aliphatic hydroxyl groups is 1. The number of carbonyl (C=O) groups is 1. The van der Waals surface area contributed by atoms with Crippen molar-refractivity contribution in [1.29, 1.82) is 0 Å². The molecule has 0 spiro atoms. The molecule has 2 atom stereocenters. The average Bonchev–Trinajstić information content (AvgIpc) is 3.39. The molecule has 0 fully saturated rings. The van der Waals surface area contributed by atoms with Gasteiger partial charge in [0, 0.05) is 51.6 Å². The number of carbonyl (C=O) groups excluding carboxylic acids is 1. The molecule has 10 heteroatoms. The third-order valence-corrected chi connectivity index (χ3v) is 8.30. The maximum atomic E-state index is 14.5. The molecular formula is C33H28Br2F2N2O4. The van der Waals surface area contributed by atoms with Gasteiger partial charge in [0.15, 0.2) is 11.6 Å². The lowest BCUT2D eigenvalue weighted by Gasteiger charge is -2.31. The van der Waals surface area contributed by atoms with Crippen LogP contribution in [0.1, 0.15) is 34.8 Å². The summed E-state index contributed by atoms with van der Waals surface area (Å²) in [6, 6.07) is 25.2. The van der Waals surface area contributed by atoms with E-state index in [4.69, 9.17) is 19.6 Å². The molecule has 0 saturated heterocycles. The van der Waals surface area contributed by atoms with Gasteiger partial charge in [-0.1, -0.05) is 62.2 Å². The highest BCUT2D eigenvalue weighted by molar-refractivity contribution is 9.10. The van der Waals surface area contributed by atoms with E-state index in [-0.39, 0.29) is 31.0 Å². The molecule has 0 aliphatic carbocycles. The summed E-state index contributed by atoms with van der Waals surface area (Å²) in [5.41, 5.74) is 0.674. The number of aliphatic hydroxyl groups excluding tert-OH is 1. The Labute approximate surface area is 265 Å². The molecule has 4 aromatic rings. The Kier molecular flexibility index (Phi) is 9.90. The molecule has 222 valence electrons. The maximum absolute atomic E-state index is 14.5. The Morgan fingerprint density at radius 3 is 2.47 bits per heavy atom. The number of benzene rings is 4. The summed E-state index contributed by atoms with van der Waals surface area (Å²) in [7, 11) is 0. The van der Waals surface area contributed by atoms with Crippen molar-refractivity contribution in [1.82, 2.24) is 5.32 Å². The molecule has 0 aromatic heterocycles. The first-order valence-electron chi connectivity index (χ1n) is 13.6. The number of hydrogen-bond acceptors (Lipinski definition) is 5. The number of ether oxygens (including phenoxy) is 2. The lowest BCUT2D eigenvalue weighted by atomic mass is 9.82. The highest BCUT2D eigenvalue weighted by atomic mass is 79.9. The van der Waals surface area contributed by atoms with Crippen molar-refractivity contribution < 1.29 is 28.2 Å². The zero-order valence-corrected chi connectivity index (χ0v) is 26.1. The third kappa shape index (κ3) is 7.14. The number of halogens is 4. The van der Waals surface area contributed by atoms with Crippen molar-refractivity contribution in [3.8, 4) is 5.75 Å². The Morgan fingerprint density at radius 1 is 1.00 bits per heavy atom. The fourth-order valence-corrected chi connectivity index (χ4v) is 5.62. The minimum atomic E-state index is -1.51. The van der Waals surface area contributed by atoms with Crippen molar-refractivity contribution in [2.75, 3.05) is 13.2 Å². The first-order valence-corrected chi connectivity index (χ1v) is 15.2. The first-order chi connectivity index (χ1) is 20.8. The molecule has 1 aliphatic rings. The van der Waals surface area contributed by atoms with Crippen LogP contribution >= 0.6 is 31.9 Å². The highest BCUT2D eigenvalue weighted by Gasteiger charge is 2.53. The third-order valence-electron chi connectivity index (χ3n) is 7.05. The van der Waals surface area contributed by atoms with E-state index in [0.29, 0.717) is 29.9 Å². The normalized spacial score (nSPS) is 17.7. The Hall–Kier alpha value is -3.60. The summed E-state index contributed by atoms with van der Waals surface area (Å²) >= 11 is 7.08. The summed E-state index contributed by atoms with van der Waals surface area (Å²) in [5.74, 6) is -0.853. The van der Waals surface area contributed by atoms with Crippen LogP contribution in [0.15, 0.2) is 105 Å². The smallest absolute Gasteiger partial charge is 0.252 e. The lowest BCUT2D eigenvalue weighted by Crippen LogP contribution is -2.49. The van der Waals surface area contributed by atoms with Gasteiger partial charge in [-0.15, -0.1) is 0 Å². The van der Waals surface area contributed by atoms with Crippen LogP contribution in [0.3, 0.4) is 0 Å². The molecular weight excluding hydrogens is 686 g/mol. The number of nitrogens with zero attached hydrogens (tertiary/aromatic N) is 1. The van der Waals surface area contributed by atoms with E-state index in [2.05, 4.69) is 37.2 Å². The molecule has 2 N–H and O–H groups in total. The van der Waals surface area contributed by atoms with E-state index in [1.807, 2.05) is 48.5 Å². The minimum Gasteiger partial charge on any atom is -0.494 e. The summed E-state index contributed by atoms with van der Waals surface area (Å²) in [5, 5.41) is 11.8. The summed E-state index contributed by atoms with van der Waals surface area (Å²) in [4.78, 5) is 19.3. The largest absolute Gasteiger partial charge is 0.494 e. The second-order valence-electron chi connectivity index (χ2n) is 10.0. The Balaban J connectivity index is 1.57. The summed E-state index contributed by atoms with van der Waals surface area (Å²) in [6.45, 7) is 0.172. The topological polar surface area (TPSA) is 80.2 Å². The van der Waals surface area contributed by atoms with Crippen LogP contribution in [0.5, 0.6) is 5.75 Å². The van der Waals surface area contributed by atoms with Gasteiger partial charge in [0.2, 0.25) is 5.90 Å².